The number of aromatic nitrogens is 3. The van der Waals surface area contributed by atoms with Crippen molar-refractivity contribution in [3.05, 3.63) is 71.3 Å². The van der Waals surface area contributed by atoms with E-state index in [1.807, 2.05) is 19.9 Å². The van der Waals surface area contributed by atoms with Crippen molar-refractivity contribution in [1.82, 2.24) is 19.5 Å². The van der Waals surface area contributed by atoms with Gasteiger partial charge in [0.05, 0.1) is 17.5 Å². The molecule has 0 amide bonds. The van der Waals surface area contributed by atoms with Gasteiger partial charge in [-0.05, 0) is 57.4 Å². The highest BCUT2D eigenvalue weighted by atomic mass is 19.1. The summed E-state index contributed by atoms with van der Waals surface area (Å²) in [6.07, 6.45) is 7.54. The highest BCUT2D eigenvalue weighted by Crippen LogP contribution is 2.31. The zero-order chi connectivity index (χ0) is 27.5. The summed E-state index contributed by atoms with van der Waals surface area (Å²) in [6, 6.07) is 6.79. The van der Waals surface area contributed by atoms with Crippen LogP contribution in [-0.4, -0.2) is 61.7 Å². The van der Waals surface area contributed by atoms with Gasteiger partial charge in [0.15, 0.2) is 17.3 Å². The molecule has 11 heteroatoms. The number of amidine groups is 1. The van der Waals surface area contributed by atoms with E-state index >= 15 is 4.39 Å². The summed E-state index contributed by atoms with van der Waals surface area (Å²) >= 11 is 0. The van der Waals surface area contributed by atoms with E-state index in [-0.39, 0.29) is 5.69 Å². The second-order valence-electron chi connectivity index (χ2n) is 9.41. The van der Waals surface area contributed by atoms with Crippen molar-refractivity contribution >= 4 is 29.2 Å². The number of aliphatic hydroxyl groups is 1. The maximum Gasteiger partial charge on any atom is 0.160 e. The molecule has 2 aliphatic heterocycles. The average Bonchev–Trinajstić information content (AvgIpc) is 3.60. The van der Waals surface area contributed by atoms with E-state index in [1.54, 1.807) is 41.9 Å². The lowest BCUT2D eigenvalue weighted by Gasteiger charge is -2.23. The fourth-order valence-electron chi connectivity index (χ4n) is 4.43. The minimum atomic E-state index is -0.467. The predicted octanol–water partition coefficient (Wildman–Crippen LogP) is 4.87. The number of fused-ring (bicyclic) bond motifs is 1. The van der Waals surface area contributed by atoms with E-state index in [1.165, 1.54) is 12.7 Å². The van der Waals surface area contributed by atoms with Gasteiger partial charge in [-0.1, -0.05) is 13.0 Å². The first-order valence-electron chi connectivity index (χ1n) is 12.9. The van der Waals surface area contributed by atoms with Crippen LogP contribution in [-0.2, 0) is 0 Å². The van der Waals surface area contributed by atoms with Crippen LogP contribution < -0.4 is 10.1 Å². The number of ether oxygens (including phenoxy) is 1. The Hall–Kier alpha value is -4.38. The number of allylic oxidation sites excluding steroid dienone is 2. The van der Waals surface area contributed by atoms with Gasteiger partial charge in [-0.15, -0.1) is 0 Å². The summed E-state index contributed by atoms with van der Waals surface area (Å²) in [5.41, 5.74) is 3.40. The Kier molecular flexibility index (Phi) is 7.51. The highest BCUT2D eigenvalue weighted by molar-refractivity contribution is 6.52. The number of pyridine rings is 1. The molecule has 0 radical (unpaired) electrons. The van der Waals surface area contributed by atoms with Crippen LogP contribution in [0.25, 0.3) is 5.65 Å². The summed E-state index contributed by atoms with van der Waals surface area (Å²) in [7, 11) is 0. The number of aliphatic hydroxyl groups excluding tert-OH is 1. The fourth-order valence-corrected chi connectivity index (χ4v) is 4.43. The third kappa shape index (κ3) is 5.44. The summed E-state index contributed by atoms with van der Waals surface area (Å²) < 4.78 is 23.2. The van der Waals surface area contributed by atoms with Gasteiger partial charge in [-0.2, -0.15) is 5.10 Å². The van der Waals surface area contributed by atoms with E-state index in [0.717, 1.165) is 17.8 Å². The van der Waals surface area contributed by atoms with Crippen molar-refractivity contribution < 1.29 is 14.2 Å². The first-order chi connectivity index (χ1) is 18.9. The standard InChI is InChI=1S/C28H31FN8O2/c1-5-17(3)28(36-11-9-19(38)14-36)35-26-21(6-2)30-15-32-27(26)34-22-7-8-23(18(4)25(22)29)39-20-10-12-37-24(13-20)31-16-33-37/h6-8,10,12-13,15-16,19,38H,5,9,11,14H2,1-4H3,(H,30,32,34)/b21-6+,28-17-,35-26+. The van der Waals surface area contributed by atoms with Crippen LogP contribution in [0.15, 0.2) is 74.9 Å². The minimum Gasteiger partial charge on any atom is -0.457 e. The molecule has 0 saturated carbocycles. The predicted molar refractivity (Wildman–Crippen MR) is 150 cm³/mol. The summed E-state index contributed by atoms with van der Waals surface area (Å²) in [5.74, 6) is 1.60. The van der Waals surface area contributed by atoms with Crippen LogP contribution >= 0.6 is 0 Å². The minimum absolute atomic E-state index is 0.235. The van der Waals surface area contributed by atoms with Crippen molar-refractivity contribution in [3.8, 4) is 11.5 Å². The largest absolute Gasteiger partial charge is 0.457 e. The lowest BCUT2D eigenvalue weighted by atomic mass is 10.1. The molecule has 2 aliphatic rings. The number of benzene rings is 1. The van der Waals surface area contributed by atoms with Gasteiger partial charge in [0.1, 0.15) is 35.7 Å². The molecule has 0 bridgehead atoms. The van der Waals surface area contributed by atoms with Gasteiger partial charge in [0, 0.05) is 30.9 Å². The van der Waals surface area contributed by atoms with Gasteiger partial charge in [-0.25, -0.2) is 28.9 Å². The molecule has 4 heterocycles. The van der Waals surface area contributed by atoms with Crippen LogP contribution in [0.4, 0.5) is 10.1 Å². The molecular weight excluding hydrogens is 499 g/mol. The van der Waals surface area contributed by atoms with E-state index in [0.29, 0.717) is 59.5 Å². The van der Waals surface area contributed by atoms with Crippen molar-refractivity contribution in [2.75, 3.05) is 18.4 Å². The normalized spacial score (nSPS) is 20.1. The van der Waals surface area contributed by atoms with E-state index in [4.69, 9.17) is 9.73 Å². The fraction of sp³-hybridized carbons (Fsp3) is 0.321. The van der Waals surface area contributed by atoms with Crippen LogP contribution in [0.2, 0.25) is 0 Å². The number of rotatable bonds is 6. The van der Waals surface area contributed by atoms with Gasteiger partial charge in [-0.3, -0.25) is 0 Å². The average molecular weight is 531 g/mol. The Morgan fingerprint density at radius 3 is 2.92 bits per heavy atom. The van der Waals surface area contributed by atoms with Crippen LogP contribution in [0, 0.1) is 12.7 Å². The Labute approximate surface area is 226 Å². The molecular formula is C28H31FN8O2. The molecule has 2 N–H and O–H groups in total. The van der Waals surface area contributed by atoms with E-state index in [2.05, 4.69) is 37.2 Å². The number of likely N-dealkylation sites (tertiary alicyclic amines) is 1. The monoisotopic (exact) mass is 530 g/mol. The molecule has 3 aromatic rings. The van der Waals surface area contributed by atoms with Gasteiger partial charge < -0.3 is 20.1 Å². The SMILES string of the molecule is C/C=C1/N=CN=C(Nc2ccc(Oc3ccn4ncnc4c3)c(C)c2F)/C1=N/C(=C(\C)CC)N1CCC(O)C1. The molecule has 1 unspecified atom stereocenters. The Bertz CT molecular complexity index is 1550. The van der Waals surface area contributed by atoms with Gasteiger partial charge >= 0.3 is 0 Å². The molecule has 2 aromatic heterocycles. The molecule has 202 valence electrons. The number of anilines is 1. The van der Waals surface area contributed by atoms with Crippen molar-refractivity contribution in [3.63, 3.8) is 0 Å². The first kappa shape index (κ1) is 26.2. The molecule has 5 rings (SSSR count). The molecule has 1 fully saturated rings. The molecule has 39 heavy (non-hydrogen) atoms. The zero-order valence-corrected chi connectivity index (χ0v) is 22.4. The molecule has 1 saturated heterocycles. The second-order valence-corrected chi connectivity index (χ2v) is 9.41. The van der Waals surface area contributed by atoms with Crippen LogP contribution in [0.3, 0.4) is 0 Å². The summed E-state index contributed by atoms with van der Waals surface area (Å²) in [5, 5.41) is 17.3. The quantitative estimate of drug-likeness (QED) is 0.470. The maximum absolute atomic E-state index is 15.6. The van der Waals surface area contributed by atoms with Crippen LogP contribution in [0.5, 0.6) is 11.5 Å². The number of nitrogens with zero attached hydrogens (tertiary/aromatic N) is 7. The van der Waals surface area contributed by atoms with Gasteiger partial charge in [0.25, 0.3) is 0 Å². The molecule has 1 aromatic carbocycles. The topological polar surface area (TPSA) is 112 Å². The summed E-state index contributed by atoms with van der Waals surface area (Å²) in [4.78, 5) is 20.0. The number of hydrogen-bond donors (Lipinski definition) is 2. The van der Waals surface area contributed by atoms with Crippen LogP contribution in [0.1, 0.15) is 39.2 Å². The Morgan fingerprint density at radius 2 is 2.18 bits per heavy atom. The van der Waals surface area contributed by atoms with Crippen molar-refractivity contribution in [2.24, 2.45) is 15.0 Å². The van der Waals surface area contributed by atoms with E-state index < -0.39 is 11.9 Å². The van der Waals surface area contributed by atoms with E-state index in [9.17, 15) is 5.11 Å². The third-order valence-electron chi connectivity index (χ3n) is 6.79. The molecule has 1 atom stereocenters. The lowest BCUT2D eigenvalue weighted by molar-refractivity contribution is 0.183. The second kappa shape index (κ2) is 11.2. The number of halogens is 1. The maximum atomic E-state index is 15.6. The molecule has 0 spiro atoms. The number of aliphatic imine (C=N–C) groups is 3. The third-order valence-corrected chi connectivity index (χ3v) is 6.79. The smallest absolute Gasteiger partial charge is 0.160 e. The van der Waals surface area contributed by atoms with Crippen molar-refractivity contribution in [2.45, 2.75) is 46.6 Å². The van der Waals surface area contributed by atoms with Crippen molar-refractivity contribution in [1.29, 1.82) is 0 Å². The first-order valence-corrected chi connectivity index (χ1v) is 12.9. The lowest BCUT2D eigenvalue weighted by Crippen LogP contribution is -2.30. The number of β-amino-alcohol motifs (C(OH)–C–C–N with tert-alkyl or cyclic N) is 1. The number of nitrogens with one attached hydrogen (secondary N) is 1. The Morgan fingerprint density at radius 1 is 1.33 bits per heavy atom. The van der Waals surface area contributed by atoms with Gasteiger partial charge in [0.2, 0.25) is 0 Å². The molecule has 0 aliphatic carbocycles. The Balaban J connectivity index is 1.44. The highest BCUT2D eigenvalue weighted by Gasteiger charge is 2.26. The molecule has 10 nitrogen and oxygen atoms in total. The number of hydrogen-bond acceptors (Lipinski definition) is 9. The zero-order valence-electron chi connectivity index (χ0n) is 22.4. The summed E-state index contributed by atoms with van der Waals surface area (Å²) in [6.45, 7) is 8.84.